The molecule has 26 heavy (non-hydrogen) atoms. The Balaban J connectivity index is 1.57. The van der Waals surface area contributed by atoms with E-state index in [2.05, 4.69) is 5.32 Å². The standard InChI is InChI=1S/C19H24N2O4S/c1-12(2)13-6-4-5-7-14(13)20-16(22)10-25-18(24)15-11-26-19(3)9-8-17(23)21(15)19/h4-7,12,15H,8-11H2,1-3H3,(H,20,22)/t15-,19-/m0/s1. The van der Waals surface area contributed by atoms with Crippen molar-refractivity contribution in [3.8, 4) is 0 Å². The molecule has 0 spiro atoms. The van der Waals surface area contributed by atoms with E-state index < -0.39 is 12.0 Å². The maximum atomic E-state index is 12.4. The number of esters is 1. The van der Waals surface area contributed by atoms with Gasteiger partial charge in [0, 0.05) is 17.9 Å². The minimum absolute atomic E-state index is 0.0187. The number of nitrogens with one attached hydrogen (secondary N) is 1. The molecule has 1 N–H and O–H groups in total. The summed E-state index contributed by atoms with van der Waals surface area (Å²) in [6.07, 6.45) is 1.20. The van der Waals surface area contributed by atoms with Crippen molar-refractivity contribution in [2.24, 2.45) is 0 Å². The van der Waals surface area contributed by atoms with Crippen LogP contribution in [0.5, 0.6) is 0 Å². The average Bonchev–Trinajstić information content (AvgIpc) is 3.09. The highest BCUT2D eigenvalue weighted by Crippen LogP contribution is 2.47. The number of fused-ring (bicyclic) bond motifs is 1. The predicted molar refractivity (Wildman–Crippen MR) is 101 cm³/mol. The van der Waals surface area contributed by atoms with E-state index in [-0.39, 0.29) is 29.2 Å². The SMILES string of the molecule is CC(C)c1ccccc1NC(=O)COC(=O)[C@@H]1CS[C@@]2(C)CCC(=O)N12. The van der Waals surface area contributed by atoms with Crippen LogP contribution in [0.25, 0.3) is 0 Å². The lowest BCUT2D eigenvalue weighted by Gasteiger charge is -2.29. The molecule has 0 bridgehead atoms. The molecule has 6 nitrogen and oxygen atoms in total. The summed E-state index contributed by atoms with van der Waals surface area (Å²) in [5.74, 6) is -0.131. The second-order valence-corrected chi connectivity index (χ2v) is 8.66. The van der Waals surface area contributed by atoms with Crippen LogP contribution in [-0.2, 0) is 19.1 Å². The molecular formula is C19H24N2O4S. The first-order valence-electron chi connectivity index (χ1n) is 8.83. The van der Waals surface area contributed by atoms with Gasteiger partial charge in [0.2, 0.25) is 5.91 Å². The number of hydrogen-bond donors (Lipinski definition) is 1. The van der Waals surface area contributed by atoms with E-state index in [9.17, 15) is 14.4 Å². The Kier molecular flexibility index (Phi) is 5.27. The quantitative estimate of drug-likeness (QED) is 0.800. The van der Waals surface area contributed by atoms with Crippen LogP contribution in [0.1, 0.15) is 45.1 Å². The normalized spacial score (nSPS) is 24.7. The fourth-order valence-electron chi connectivity index (χ4n) is 3.53. The van der Waals surface area contributed by atoms with Gasteiger partial charge in [-0.25, -0.2) is 4.79 Å². The first-order valence-corrected chi connectivity index (χ1v) is 9.82. The highest BCUT2D eigenvalue weighted by molar-refractivity contribution is 8.01. The minimum atomic E-state index is -0.601. The summed E-state index contributed by atoms with van der Waals surface area (Å²) in [6, 6.07) is 6.96. The summed E-state index contributed by atoms with van der Waals surface area (Å²) in [5.41, 5.74) is 1.75. The third-order valence-electron chi connectivity index (χ3n) is 4.92. The Hall–Kier alpha value is -2.02. The third-order valence-corrected chi connectivity index (χ3v) is 6.42. The van der Waals surface area contributed by atoms with Crippen LogP contribution >= 0.6 is 11.8 Å². The van der Waals surface area contributed by atoms with Gasteiger partial charge in [0.15, 0.2) is 6.61 Å². The van der Waals surface area contributed by atoms with Crippen molar-refractivity contribution in [3.63, 3.8) is 0 Å². The molecule has 0 aromatic heterocycles. The molecule has 2 aliphatic heterocycles. The van der Waals surface area contributed by atoms with E-state index in [1.54, 1.807) is 16.7 Å². The highest BCUT2D eigenvalue weighted by atomic mass is 32.2. The number of para-hydroxylation sites is 1. The molecule has 3 rings (SSSR count). The number of ether oxygens (including phenoxy) is 1. The van der Waals surface area contributed by atoms with Crippen LogP contribution in [0.3, 0.4) is 0 Å². The van der Waals surface area contributed by atoms with Crippen molar-refractivity contribution in [1.82, 2.24) is 4.90 Å². The van der Waals surface area contributed by atoms with Crippen molar-refractivity contribution in [3.05, 3.63) is 29.8 Å². The first kappa shape index (κ1) is 18.8. The van der Waals surface area contributed by atoms with Crippen LogP contribution in [0.15, 0.2) is 24.3 Å². The van der Waals surface area contributed by atoms with E-state index in [4.69, 9.17) is 4.74 Å². The van der Waals surface area contributed by atoms with Gasteiger partial charge in [-0.2, -0.15) is 0 Å². The lowest BCUT2D eigenvalue weighted by atomic mass is 10.0. The van der Waals surface area contributed by atoms with Crippen molar-refractivity contribution < 1.29 is 19.1 Å². The number of thioether (sulfide) groups is 1. The fourth-order valence-corrected chi connectivity index (χ4v) is 4.95. The van der Waals surface area contributed by atoms with Gasteiger partial charge >= 0.3 is 5.97 Å². The molecule has 2 atom stereocenters. The first-order chi connectivity index (χ1) is 12.3. The molecule has 7 heteroatoms. The van der Waals surface area contributed by atoms with Crippen molar-refractivity contribution in [2.75, 3.05) is 17.7 Å². The molecule has 2 saturated heterocycles. The van der Waals surface area contributed by atoms with E-state index in [0.717, 1.165) is 17.7 Å². The Morgan fingerprint density at radius 2 is 2.12 bits per heavy atom. The number of amides is 2. The fraction of sp³-hybridized carbons (Fsp3) is 0.526. The second-order valence-electron chi connectivity index (χ2n) is 7.16. The van der Waals surface area contributed by atoms with Crippen LogP contribution in [0.2, 0.25) is 0 Å². The van der Waals surface area contributed by atoms with Crippen LogP contribution < -0.4 is 5.32 Å². The predicted octanol–water partition coefficient (Wildman–Crippen LogP) is 2.75. The van der Waals surface area contributed by atoms with Crippen LogP contribution in [0.4, 0.5) is 5.69 Å². The number of carbonyl (C=O) groups is 3. The van der Waals surface area contributed by atoms with Gasteiger partial charge in [-0.3, -0.25) is 9.59 Å². The largest absolute Gasteiger partial charge is 0.454 e. The summed E-state index contributed by atoms with van der Waals surface area (Å²) < 4.78 is 5.20. The lowest BCUT2D eigenvalue weighted by molar-refractivity contribution is -0.155. The van der Waals surface area contributed by atoms with Gasteiger partial charge in [-0.05, 0) is 30.9 Å². The van der Waals surface area contributed by atoms with Crippen molar-refractivity contribution >= 4 is 35.2 Å². The Morgan fingerprint density at radius 1 is 1.38 bits per heavy atom. The molecule has 0 aliphatic carbocycles. The Bertz CT molecular complexity index is 736. The van der Waals surface area contributed by atoms with Crippen molar-refractivity contribution in [2.45, 2.75) is 50.4 Å². The number of benzene rings is 1. The van der Waals surface area contributed by atoms with Crippen LogP contribution in [0, 0.1) is 0 Å². The van der Waals surface area contributed by atoms with E-state index >= 15 is 0 Å². The molecule has 2 heterocycles. The molecule has 1 aromatic rings. The topological polar surface area (TPSA) is 75.7 Å². The molecule has 140 valence electrons. The number of nitrogens with zero attached hydrogens (tertiary/aromatic N) is 1. The van der Waals surface area contributed by atoms with E-state index in [1.807, 2.05) is 45.0 Å². The van der Waals surface area contributed by atoms with Gasteiger partial charge in [0.25, 0.3) is 5.91 Å². The lowest BCUT2D eigenvalue weighted by Crippen LogP contribution is -2.47. The highest BCUT2D eigenvalue weighted by Gasteiger charge is 2.53. The second kappa shape index (κ2) is 7.31. The summed E-state index contributed by atoms with van der Waals surface area (Å²) in [4.78, 5) is 38.0. The molecule has 2 fully saturated rings. The monoisotopic (exact) mass is 376 g/mol. The number of rotatable bonds is 5. The zero-order valence-electron chi connectivity index (χ0n) is 15.3. The summed E-state index contributed by atoms with van der Waals surface area (Å²) in [7, 11) is 0. The van der Waals surface area contributed by atoms with Crippen molar-refractivity contribution in [1.29, 1.82) is 0 Å². The molecule has 0 saturated carbocycles. The van der Waals surface area contributed by atoms with Crippen LogP contribution in [-0.4, -0.2) is 46.0 Å². The average molecular weight is 376 g/mol. The van der Waals surface area contributed by atoms with Gasteiger partial charge in [0.1, 0.15) is 6.04 Å². The summed E-state index contributed by atoms with van der Waals surface area (Å²) >= 11 is 1.60. The minimum Gasteiger partial charge on any atom is -0.454 e. The smallest absolute Gasteiger partial charge is 0.330 e. The number of anilines is 1. The van der Waals surface area contributed by atoms with Gasteiger partial charge < -0.3 is 15.0 Å². The Morgan fingerprint density at radius 3 is 2.85 bits per heavy atom. The molecule has 2 amide bonds. The molecule has 0 radical (unpaired) electrons. The maximum absolute atomic E-state index is 12.4. The molecular weight excluding hydrogens is 352 g/mol. The van der Waals surface area contributed by atoms with Gasteiger partial charge in [-0.15, -0.1) is 11.8 Å². The number of hydrogen-bond acceptors (Lipinski definition) is 5. The molecule has 2 aliphatic rings. The third kappa shape index (κ3) is 3.58. The van der Waals surface area contributed by atoms with E-state index in [0.29, 0.717) is 12.2 Å². The van der Waals surface area contributed by atoms with Gasteiger partial charge in [-0.1, -0.05) is 32.0 Å². The van der Waals surface area contributed by atoms with E-state index in [1.165, 1.54) is 0 Å². The maximum Gasteiger partial charge on any atom is 0.330 e. The molecule has 1 aromatic carbocycles. The zero-order chi connectivity index (χ0) is 18.9. The number of carbonyl (C=O) groups excluding carboxylic acids is 3. The summed E-state index contributed by atoms with van der Waals surface area (Å²) in [6.45, 7) is 5.72. The van der Waals surface area contributed by atoms with Gasteiger partial charge in [0.05, 0.1) is 4.87 Å². The molecule has 0 unspecified atom stereocenters. The zero-order valence-corrected chi connectivity index (χ0v) is 16.1. The summed E-state index contributed by atoms with van der Waals surface area (Å²) in [5, 5.41) is 2.80. The Labute approximate surface area is 157 Å².